The topological polar surface area (TPSA) is 110 Å². The van der Waals surface area contributed by atoms with E-state index in [0.717, 1.165) is 17.3 Å². The normalized spacial score (nSPS) is 11.8. The molecule has 3 aromatic rings. The predicted octanol–water partition coefficient (Wildman–Crippen LogP) is 3.14. The first-order valence-corrected chi connectivity index (χ1v) is 9.08. The summed E-state index contributed by atoms with van der Waals surface area (Å²) in [5.74, 6) is 0.526. The van der Waals surface area contributed by atoms with Gasteiger partial charge in [0.25, 0.3) is 11.1 Å². The summed E-state index contributed by atoms with van der Waals surface area (Å²) in [5.41, 5.74) is 1.64. The van der Waals surface area contributed by atoms with Gasteiger partial charge < -0.3 is 14.2 Å². The molecule has 3 rings (SSSR count). The Morgan fingerprint density at radius 2 is 1.96 bits per heavy atom. The van der Waals surface area contributed by atoms with Gasteiger partial charge in [0.1, 0.15) is 5.76 Å². The first-order valence-electron chi connectivity index (χ1n) is 8.20. The van der Waals surface area contributed by atoms with Crippen LogP contribution in [0, 0.1) is 6.92 Å². The molecule has 2 N–H and O–H groups in total. The Balaban J connectivity index is 1.50. The lowest BCUT2D eigenvalue weighted by Gasteiger charge is -2.10. The van der Waals surface area contributed by atoms with Crippen LogP contribution in [0.15, 0.2) is 56.7 Å². The minimum atomic E-state index is -0.591. The van der Waals surface area contributed by atoms with E-state index in [1.165, 1.54) is 6.26 Å². The van der Waals surface area contributed by atoms with Crippen molar-refractivity contribution in [3.63, 3.8) is 0 Å². The van der Waals surface area contributed by atoms with Crippen LogP contribution in [-0.2, 0) is 11.3 Å². The molecule has 1 atom stereocenters. The van der Waals surface area contributed by atoms with Gasteiger partial charge >= 0.3 is 6.03 Å². The van der Waals surface area contributed by atoms with Gasteiger partial charge in [0, 0.05) is 6.54 Å². The van der Waals surface area contributed by atoms with Crippen LogP contribution in [-0.4, -0.2) is 27.4 Å². The number of imide groups is 1. The number of urea groups is 1. The zero-order valence-electron chi connectivity index (χ0n) is 14.8. The zero-order chi connectivity index (χ0) is 19.2. The summed E-state index contributed by atoms with van der Waals surface area (Å²) in [7, 11) is 0. The highest BCUT2D eigenvalue weighted by atomic mass is 32.2. The molecule has 0 saturated heterocycles. The fourth-order valence-electron chi connectivity index (χ4n) is 2.21. The molecular formula is C18H18N4O4S. The van der Waals surface area contributed by atoms with Crippen LogP contribution in [0.4, 0.5) is 4.79 Å². The molecule has 3 amide bonds. The Hall–Kier alpha value is -3.07. The van der Waals surface area contributed by atoms with Crippen molar-refractivity contribution >= 4 is 23.7 Å². The molecule has 9 heteroatoms. The third kappa shape index (κ3) is 4.98. The number of rotatable bonds is 6. The Labute approximate surface area is 159 Å². The van der Waals surface area contributed by atoms with Crippen molar-refractivity contribution in [2.45, 2.75) is 30.9 Å². The standard InChI is InChI=1S/C18H18N4O4S/c1-11-14(8-9-25-11)16-21-22-18(26-16)27-12(2)15(23)20-17(24)19-10-13-6-4-3-5-7-13/h3-9,12H,10H2,1-2H3,(H2,19,20,23,24). The number of carbonyl (C=O) groups excluding carboxylic acids is 2. The van der Waals surface area contributed by atoms with E-state index in [-0.39, 0.29) is 5.22 Å². The van der Waals surface area contributed by atoms with E-state index in [2.05, 4.69) is 20.8 Å². The number of nitrogens with zero attached hydrogens (tertiary/aromatic N) is 2. The summed E-state index contributed by atoms with van der Waals surface area (Å²) >= 11 is 1.07. The van der Waals surface area contributed by atoms with Crippen LogP contribution in [0.1, 0.15) is 18.2 Å². The highest BCUT2D eigenvalue weighted by Crippen LogP contribution is 2.28. The molecule has 27 heavy (non-hydrogen) atoms. The maximum Gasteiger partial charge on any atom is 0.321 e. The minimum absolute atomic E-state index is 0.234. The Bertz CT molecular complexity index is 922. The fourth-order valence-corrected chi connectivity index (χ4v) is 2.90. The van der Waals surface area contributed by atoms with Gasteiger partial charge in [0.15, 0.2) is 0 Å². The fraction of sp³-hybridized carbons (Fsp3) is 0.222. The molecule has 0 aliphatic rings. The number of hydrogen-bond acceptors (Lipinski definition) is 7. The van der Waals surface area contributed by atoms with Gasteiger partial charge in [-0.25, -0.2) is 4.79 Å². The predicted molar refractivity (Wildman–Crippen MR) is 98.9 cm³/mol. The molecule has 0 saturated carbocycles. The molecule has 0 aliphatic heterocycles. The van der Waals surface area contributed by atoms with Gasteiger partial charge in [-0.05, 0) is 25.5 Å². The SMILES string of the molecule is Cc1occc1-c1nnc(SC(C)C(=O)NC(=O)NCc2ccccc2)o1. The number of hydrogen-bond donors (Lipinski definition) is 2. The number of aryl methyl sites for hydroxylation is 1. The number of thioether (sulfide) groups is 1. The van der Waals surface area contributed by atoms with Crippen molar-refractivity contribution in [1.29, 1.82) is 0 Å². The highest BCUT2D eigenvalue weighted by Gasteiger charge is 2.21. The number of aromatic nitrogens is 2. The summed E-state index contributed by atoms with van der Waals surface area (Å²) in [4.78, 5) is 24.0. The second-order valence-electron chi connectivity index (χ2n) is 5.68. The lowest BCUT2D eigenvalue weighted by molar-refractivity contribution is -0.119. The Morgan fingerprint density at radius 1 is 1.19 bits per heavy atom. The molecule has 140 valence electrons. The van der Waals surface area contributed by atoms with Crippen molar-refractivity contribution in [3.05, 3.63) is 54.0 Å². The largest absolute Gasteiger partial charge is 0.469 e. The van der Waals surface area contributed by atoms with Crippen molar-refractivity contribution < 1.29 is 18.4 Å². The Morgan fingerprint density at radius 3 is 2.67 bits per heavy atom. The van der Waals surface area contributed by atoms with Crippen LogP contribution >= 0.6 is 11.8 Å². The molecular weight excluding hydrogens is 368 g/mol. The molecule has 0 radical (unpaired) electrons. The average Bonchev–Trinajstić information content (AvgIpc) is 3.29. The second kappa shape index (κ2) is 8.54. The monoisotopic (exact) mass is 386 g/mol. The van der Waals surface area contributed by atoms with E-state index in [9.17, 15) is 9.59 Å². The van der Waals surface area contributed by atoms with Gasteiger partial charge in [-0.2, -0.15) is 0 Å². The lowest BCUT2D eigenvalue weighted by Crippen LogP contribution is -2.42. The van der Waals surface area contributed by atoms with E-state index in [1.807, 2.05) is 30.3 Å². The van der Waals surface area contributed by atoms with Crippen LogP contribution in [0.3, 0.4) is 0 Å². The van der Waals surface area contributed by atoms with Crippen molar-refractivity contribution in [3.8, 4) is 11.5 Å². The van der Waals surface area contributed by atoms with E-state index in [1.54, 1.807) is 19.9 Å². The molecule has 2 heterocycles. The molecule has 1 aromatic carbocycles. The molecule has 8 nitrogen and oxygen atoms in total. The van der Waals surface area contributed by atoms with Gasteiger partial charge in [0.05, 0.1) is 17.1 Å². The van der Waals surface area contributed by atoms with Crippen LogP contribution in [0.25, 0.3) is 11.5 Å². The molecule has 0 fully saturated rings. The maximum absolute atomic E-state index is 12.2. The Kier molecular flexibility index (Phi) is 5.92. The number of furan rings is 1. The van der Waals surface area contributed by atoms with E-state index < -0.39 is 17.2 Å². The van der Waals surface area contributed by atoms with Crippen LogP contribution in [0.2, 0.25) is 0 Å². The summed E-state index contributed by atoms with van der Waals surface area (Å²) in [6.45, 7) is 3.77. The highest BCUT2D eigenvalue weighted by molar-refractivity contribution is 8.00. The summed E-state index contributed by atoms with van der Waals surface area (Å²) in [5, 5.41) is 12.4. The third-order valence-electron chi connectivity index (χ3n) is 3.68. The summed E-state index contributed by atoms with van der Waals surface area (Å²) in [6.07, 6.45) is 1.53. The molecule has 0 bridgehead atoms. The third-order valence-corrected chi connectivity index (χ3v) is 4.61. The van der Waals surface area contributed by atoms with Gasteiger partial charge in [-0.1, -0.05) is 42.1 Å². The zero-order valence-corrected chi connectivity index (χ0v) is 15.6. The first-order chi connectivity index (χ1) is 13.0. The quantitative estimate of drug-likeness (QED) is 0.626. The second-order valence-corrected chi connectivity index (χ2v) is 6.97. The number of benzene rings is 1. The van der Waals surface area contributed by atoms with Gasteiger partial charge in [-0.3, -0.25) is 10.1 Å². The van der Waals surface area contributed by atoms with Gasteiger partial charge in [0.2, 0.25) is 5.91 Å². The number of nitrogens with one attached hydrogen (secondary N) is 2. The van der Waals surface area contributed by atoms with Crippen molar-refractivity contribution in [2.24, 2.45) is 0 Å². The number of amides is 3. The molecule has 2 aromatic heterocycles. The molecule has 0 spiro atoms. The summed E-state index contributed by atoms with van der Waals surface area (Å²) < 4.78 is 10.7. The maximum atomic E-state index is 12.2. The lowest BCUT2D eigenvalue weighted by atomic mass is 10.2. The first kappa shape index (κ1) is 18.7. The van der Waals surface area contributed by atoms with Crippen molar-refractivity contribution in [1.82, 2.24) is 20.8 Å². The smallest absolute Gasteiger partial charge is 0.321 e. The van der Waals surface area contributed by atoms with Crippen LogP contribution in [0.5, 0.6) is 0 Å². The molecule has 0 aliphatic carbocycles. The summed E-state index contributed by atoms with van der Waals surface area (Å²) in [6, 6.07) is 10.6. The van der Waals surface area contributed by atoms with E-state index >= 15 is 0 Å². The number of carbonyl (C=O) groups is 2. The van der Waals surface area contributed by atoms with E-state index in [0.29, 0.717) is 23.8 Å². The average molecular weight is 386 g/mol. The minimum Gasteiger partial charge on any atom is -0.469 e. The van der Waals surface area contributed by atoms with E-state index in [4.69, 9.17) is 8.83 Å². The van der Waals surface area contributed by atoms with Crippen LogP contribution < -0.4 is 10.6 Å². The van der Waals surface area contributed by atoms with Gasteiger partial charge in [-0.15, -0.1) is 10.2 Å². The molecule has 1 unspecified atom stereocenters. The van der Waals surface area contributed by atoms with Crippen molar-refractivity contribution in [2.75, 3.05) is 0 Å².